The van der Waals surface area contributed by atoms with Gasteiger partial charge in [0.1, 0.15) is 0 Å². The highest BCUT2D eigenvalue weighted by atomic mass is 16.2. The molecule has 3 heteroatoms. The predicted molar refractivity (Wildman–Crippen MR) is 64.1 cm³/mol. The molecule has 1 aliphatic heterocycles. The van der Waals surface area contributed by atoms with Crippen molar-refractivity contribution in [3.63, 3.8) is 0 Å². The molecular weight excluding hydrogens is 188 g/mol. The largest absolute Gasteiger partial charge is 0.396 e. The van der Waals surface area contributed by atoms with Gasteiger partial charge in [0.15, 0.2) is 0 Å². The average molecular weight is 214 g/mol. The van der Waals surface area contributed by atoms with Crippen molar-refractivity contribution in [3.8, 4) is 0 Å². The maximum Gasteiger partial charge on any atom is 0.0431 e. The lowest BCUT2D eigenvalue weighted by Gasteiger charge is -2.29. The highest BCUT2D eigenvalue weighted by molar-refractivity contribution is 4.75. The highest BCUT2D eigenvalue weighted by Crippen LogP contribution is 2.08. The Balaban J connectivity index is 2.13. The Bertz CT molecular complexity index is 147. The van der Waals surface area contributed by atoms with E-state index < -0.39 is 0 Å². The number of aliphatic hydroxyl groups excluding tert-OH is 1. The second kappa shape index (κ2) is 8.08. The van der Waals surface area contributed by atoms with Crippen LogP contribution in [0.3, 0.4) is 0 Å². The van der Waals surface area contributed by atoms with Gasteiger partial charge in [0.25, 0.3) is 0 Å². The van der Waals surface area contributed by atoms with Crippen LogP contribution in [-0.2, 0) is 0 Å². The number of nitrogens with zero attached hydrogens (tertiary/aromatic N) is 1. The van der Waals surface area contributed by atoms with Gasteiger partial charge in [0, 0.05) is 19.2 Å². The van der Waals surface area contributed by atoms with E-state index in [1.54, 1.807) is 0 Å². The van der Waals surface area contributed by atoms with Crippen molar-refractivity contribution in [3.05, 3.63) is 0 Å². The number of piperidine rings is 1. The molecule has 3 nitrogen and oxygen atoms in total. The molecule has 2 N–H and O–H groups in total. The minimum atomic E-state index is 0.333. The van der Waals surface area contributed by atoms with Crippen LogP contribution in [0.2, 0.25) is 0 Å². The molecule has 1 heterocycles. The van der Waals surface area contributed by atoms with Crippen LogP contribution < -0.4 is 5.32 Å². The van der Waals surface area contributed by atoms with Gasteiger partial charge in [-0.2, -0.15) is 0 Å². The van der Waals surface area contributed by atoms with Crippen molar-refractivity contribution in [1.82, 2.24) is 10.2 Å². The Morgan fingerprint density at radius 1 is 1.33 bits per heavy atom. The molecule has 1 rings (SSSR count). The summed E-state index contributed by atoms with van der Waals surface area (Å²) in [6.07, 6.45) is 6.11. The average Bonchev–Trinajstić information content (AvgIpc) is 2.29. The van der Waals surface area contributed by atoms with Gasteiger partial charge < -0.3 is 15.3 Å². The number of likely N-dealkylation sites (N-methyl/N-ethyl adjacent to an activating group) is 1. The summed E-state index contributed by atoms with van der Waals surface area (Å²) in [5.74, 6) is 0. The fraction of sp³-hybridized carbons (Fsp3) is 1.00. The molecule has 0 bridgehead atoms. The van der Waals surface area contributed by atoms with E-state index in [1.807, 2.05) is 0 Å². The van der Waals surface area contributed by atoms with Crippen molar-refractivity contribution >= 4 is 0 Å². The molecular formula is C12H26N2O. The zero-order valence-electron chi connectivity index (χ0n) is 10.0. The van der Waals surface area contributed by atoms with Gasteiger partial charge in [0.2, 0.25) is 0 Å². The molecule has 0 aliphatic carbocycles. The Labute approximate surface area is 93.9 Å². The first-order valence-electron chi connectivity index (χ1n) is 6.43. The smallest absolute Gasteiger partial charge is 0.0431 e. The van der Waals surface area contributed by atoms with E-state index in [2.05, 4.69) is 17.1 Å². The predicted octanol–water partition coefficient (Wildman–Crippen LogP) is 1.22. The summed E-state index contributed by atoms with van der Waals surface area (Å²) in [4.78, 5) is 2.50. The molecule has 0 aromatic heterocycles. The quantitative estimate of drug-likeness (QED) is 0.626. The second-order valence-corrected chi connectivity index (χ2v) is 4.47. The molecule has 15 heavy (non-hydrogen) atoms. The first-order chi connectivity index (χ1) is 7.36. The van der Waals surface area contributed by atoms with Gasteiger partial charge in [-0.15, -0.1) is 0 Å². The number of aliphatic hydroxyl groups is 1. The summed E-state index contributed by atoms with van der Waals surface area (Å²) in [7, 11) is 0. The number of hydrogen-bond donors (Lipinski definition) is 2. The lowest BCUT2D eigenvalue weighted by molar-refractivity contribution is 0.217. The molecule has 0 saturated carbocycles. The second-order valence-electron chi connectivity index (χ2n) is 4.47. The number of hydrogen-bond acceptors (Lipinski definition) is 3. The van der Waals surface area contributed by atoms with E-state index in [-0.39, 0.29) is 0 Å². The zero-order chi connectivity index (χ0) is 10.9. The first kappa shape index (κ1) is 12.9. The van der Waals surface area contributed by atoms with Gasteiger partial charge in [0.05, 0.1) is 0 Å². The monoisotopic (exact) mass is 214 g/mol. The number of rotatable bonds is 7. The molecule has 90 valence electrons. The summed E-state index contributed by atoms with van der Waals surface area (Å²) in [5, 5.41) is 12.3. The summed E-state index contributed by atoms with van der Waals surface area (Å²) < 4.78 is 0. The van der Waals surface area contributed by atoms with Crippen LogP contribution >= 0.6 is 0 Å². The van der Waals surface area contributed by atoms with Gasteiger partial charge >= 0.3 is 0 Å². The van der Waals surface area contributed by atoms with Gasteiger partial charge in [-0.3, -0.25) is 0 Å². The van der Waals surface area contributed by atoms with E-state index in [1.165, 1.54) is 32.4 Å². The van der Waals surface area contributed by atoms with Crippen LogP contribution in [0.25, 0.3) is 0 Å². The van der Waals surface area contributed by atoms with Crippen molar-refractivity contribution in [1.29, 1.82) is 0 Å². The third-order valence-corrected chi connectivity index (χ3v) is 3.22. The summed E-state index contributed by atoms with van der Waals surface area (Å²) in [5.41, 5.74) is 0. The van der Waals surface area contributed by atoms with Crippen LogP contribution in [-0.4, -0.2) is 48.8 Å². The third kappa shape index (κ3) is 5.50. The topological polar surface area (TPSA) is 35.5 Å². The molecule has 1 atom stereocenters. The van der Waals surface area contributed by atoms with E-state index in [9.17, 15) is 0 Å². The van der Waals surface area contributed by atoms with Crippen LogP contribution in [0, 0.1) is 0 Å². The molecule has 0 radical (unpaired) electrons. The fourth-order valence-electron chi connectivity index (χ4n) is 2.22. The van der Waals surface area contributed by atoms with Crippen LogP contribution in [0.4, 0.5) is 0 Å². The maximum absolute atomic E-state index is 8.74. The van der Waals surface area contributed by atoms with Gasteiger partial charge in [-0.1, -0.05) is 13.3 Å². The SMILES string of the molecule is CCN(CCCCO)CC1CCCCN1. The molecule has 0 spiro atoms. The summed E-state index contributed by atoms with van der Waals surface area (Å²) in [6.45, 7) is 7.20. The first-order valence-corrected chi connectivity index (χ1v) is 6.43. The van der Waals surface area contributed by atoms with Gasteiger partial charge in [-0.25, -0.2) is 0 Å². The third-order valence-electron chi connectivity index (χ3n) is 3.22. The van der Waals surface area contributed by atoms with Crippen LogP contribution in [0.1, 0.15) is 39.0 Å². The summed E-state index contributed by atoms with van der Waals surface area (Å²) >= 11 is 0. The Kier molecular flexibility index (Phi) is 6.98. The standard InChI is InChI=1S/C12H26N2O/c1-2-14(9-5-6-10-15)11-12-7-3-4-8-13-12/h12-13,15H,2-11H2,1H3. The van der Waals surface area contributed by atoms with Crippen molar-refractivity contribution in [2.45, 2.75) is 45.1 Å². The fourth-order valence-corrected chi connectivity index (χ4v) is 2.22. The number of unbranched alkanes of at least 4 members (excludes halogenated alkanes) is 1. The molecule has 0 aromatic carbocycles. The van der Waals surface area contributed by atoms with E-state index in [4.69, 9.17) is 5.11 Å². The lowest BCUT2D eigenvalue weighted by Crippen LogP contribution is -2.43. The highest BCUT2D eigenvalue weighted by Gasteiger charge is 2.15. The van der Waals surface area contributed by atoms with Gasteiger partial charge in [-0.05, 0) is 45.3 Å². The normalized spacial score (nSPS) is 22.2. The minimum absolute atomic E-state index is 0.333. The Morgan fingerprint density at radius 3 is 2.80 bits per heavy atom. The Hall–Kier alpha value is -0.120. The molecule has 1 unspecified atom stereocenters. The maximum atomic E-state index is 8.74. The van der Waals surface area contributed by atoms with Crippen LogP contribution in [0.5, 0.6) is 0 Å². The van der Waals surface area contributed by atoms with E-state index >= 15 is 0 Å². The molecule has 1 saturated heterocycles. The number of nitrogens with one attached hydrogen (secondary N) is 1. The van der Waals surface area contributed by atoms with E-state index in [0.717, 1.165) is 25.9 Å². The van der Waals surface area contributed by atoms with E-state index in [0.29, 0.717) is 12.6 Å². The zero-order valence-corrected chi connectivity index (χ0v) is 10.0. The molecule has 0 aromatic rings. The Morgan fingerprint density at radius 2 is 2.20 bits per heavy atom. The molecule has 1 aliphatic rings. The molecule has 1 fully saturated rings. The minimum Gasteiger partial charge on any atom is -0.396 e. The summed E-state index contributed by atoms with van der Waals surface area (Å²) in [6, 6.07) is 0.702. The lowest BCUT2D eigenvalue weighted by atomic mass is 10.0. The van der Waals surface area contributed by atoms with Crippen molar-refractivity contribution in [2.75, 3.05) is 32.8 Å². The van der Waals surface area contributed by atoms with Crippen molar-refractivity contribution in [2.24, 2.45) is 0 Å². The molecule has 0 amide bonds. The van der Waals surface area contributed by atoms with Crippen molar-refractivity contribution < 1.29 is 5.11 Å². The van der Waals surface area contributed by atoms with Crippen LogP contribution in [0.15, 0.2) is 0 Å².